The standard InChI is InChI=1S/C25H29N3O/c1-20(19-27-14-16-28(17-15-27)25-8-3-4-13-26-25)21-9-11-22(12-10-21)23-6-5-7-24(18-23)29-2/h3-13,18,20H,14-17,19H2,1-2H3. The Morgan fingerprint density at radius 3 is 2.38 bits per heavy atom. The molecule has 4 rings (SSSR count). The monoisotopic (exact) mass is 387 g/mol. The topological polar surface area (TPSA) is 28.6 Å². The maximum absolute atomic E-state index is 5.35. The van der Waals surface area contributed by atoms with Crippen LogP contribution in [0.5, 0.6) is 5.75 Å². The summed E-state index contributed by atoms with van der Waals surface area (Å²) in [6.07, 6.45) is 1.87. The van der Waals surface area contributed by atoms with Gasteiger partial charge in [0.05, 0.1) is 7.11 Å². The van der Waals surface area contributed by atoms with Crippen molar-refractivity contribution in [1.29, 1.82) is 0 Å². The second-order valence-electron chi connectivity index (χ2n) is 7.73. The molecule has 0 spiro atoms. The van der Waals surface area contributed by atoms with Crippen molar-refractivity contribution in [2.45, 2.75) is 12.8 Å². The van der Waals surface area contributed by atoms with E-state index in [0.717, 1.165) is 44.3 Å². The molecule has 1 atom stereocenters. The van der Waals surface area contributed by atoms with Crippen molar-refractivity contribution in [3.8, 4) is 16.9 Å². The molecule has 2 aromatic carbocycles. The molecule has 1 aliphatic heterocycles. The van der Waals surface area contributed by atoms with Crippen LogP contribution in [0.4, 0.5) is 5.82 Å². The third-order valence-corrected chi connectivity index (χ3v) is 5.76. The van der Waals surface area contributed by atoms with Gasteiger partial charge in [-0.25, -0.2) is 4.98 Å². The van der Waals surface area contributed by atoms with Crippen molar-refractivity contribution in [3.05, 3.63) is 78.5 Å². The predicted octanol–water partition coefficient (Wildman–Crippen LogP) is 4.68. The van der Waals surface area contributed by atoms with Gasteiger partial charge in [0.1, 0.15) is 11.6 Å². The van der Waals surface area contributed by atoms with Crippen LogP contribution in [0.1, 0.15) is 18.4 Å². The van der Waals surface area contributed by atoms with E-state index in [9.17, 15) is 0 Å². The molecule has 0 bridgehead atoms. The summed E-state index contributed by atoms with van der Waals surface area (Å²) in [7, 11) is 1.71. The van der Waals surface area contributed by atoms with E-state index in [2.05, 4.69) is 70.2 Å². The molecule has 4 heteroatoms. The fraction of sp³-hybridized carbons (Fsp3) is 0.320. The minimum absolute atomic E-state index is 0.510. The van der Waals surface area contributed by atoms with E-state index in [1.54, 1.807) is 7.11 Å². The molecule has 3 aromatic rings. The Hall–Kier alpha value is -2.85. The zero-order chi connectivity index (χ0) is 20.1. The molecule has 0 radical (unpaired) electrons. The quantitative estimate of drug-likeness (QED) is 0.614. The number of pyridine rings is 1. The van der Waals surface area contributed by atoms with Crippen LogP contribution >= 0.6 is 0 Å². The SMILES string of the molecule is COc1cccc(-c2ccc(C(C)CN3CCN(c4ccccn4)CC3)cc2)c1. The van der Waals surface area contributed by atoms with E-state index in [1.165, 1.54) is 16.7 Å². The van der Waals surface area contributed by atoms with Gasteiger partial charge >= 0.3 is 0 Å². The Labute approximate surface area is 173 Å². The number of aromatic nitrogens is 1. The van der Waals surface area contributed by atoms with Crippen LogP contribution in [-0.4, -0.2) is 49.7 Å². The van der Waals surface area contributed by atoms with E-state index < -0.39 is 0 Å². The minimum atomic E-state index is 0.510. The molecular formula is C25H29N3O. The molecule has 1 aliphatic rings. The first-order valence-electron chi connectivity index (χ1n) is 10.4. The molecule has 150 valence electrons. The van der Waals surface area contributed by atoms with Crippen LogP contribution in [0.15, 0.2) is 72.9 Å². The van der Waals surface area contributed by atoms with Gasteiger partial charge in [-0.15, -0.1) is 0 Å². The summed E-state index contributed by atoms with van der Waals surface area (Å²) in [6, 6.07) is 23.3. The Balaban J connectivity index is 1.34. The molecule has 0 aliphatic carbocycles. The Kier molecular flexibility index (Phi) is 6.11. The number of nitrogens with zero attached hydrogens (tertiary/aromatic N) is 3. The maximum Gasteiger partial charge on any atom is 0.128 e. The van der Waals surface area contributed by atoms with Crippen molar-refractivity contribution in [2.24, 2.45) is 0 Å². The van der Waals surface area contributed by atoms with E-state index in [0.29, 0.717) is 5.92 Å². The second kappa shape index (κ2) is 9.10. The number of rotatable bonds is 6. The molecule has 0 N–H and O–H groups in total. The Morgan fingerprint density at radius 1 is 0.897 bits per heavy atom. The number of anilines is 1. The molecule has 1 fully saturated rings. The highest BCUT2D eigenvalue weighted by Crippen LogP contribution is 2.26. The number of benzene rings is 2. The van der Waals surface area contributed by atoms with Crippen LogP contribution in [-0.2, 0) is 0 Å². The van der Waals surface area contributed by atoms with Gasteiger partial charge < -0.3 is 9.64 Å². The zero-order valence-electron chi connectivity index (χ0n) is 17.3. The Morgan fingerprint density at radius 2 is 1.69 bits per heavy atom. The number of hydrogen-bond donors (Lipinski definition) is 0. The van der Waals surface area contributed by atoms with Gasteiger partial charge in [-0.3, -0.25) is 4.90 Å². The van der Waals surface area contributed by atoms with Crippen molar-refractivity contribution >= 4 is 5.82 Å². The first kappa shape index (κ1) is 19.5. The molecule has 0 amide bonds. The van der Waals surface area contributed by atoms with Crippen molar-refractivity contribution < 1.29 is 4.74 Å². The van der Waals surface area contributed by atoms with Crippen LogP contribution in [0.3, 0.4) is 0 Å². The first-order chi connectivity index (χ1) is 14.2. The summed E-state index contributed by atoms with van der Waals surface area (Å²) in [6.45, 7) is 7.67. The largest absolute Gasteiger partial charge is 0.497 e. The minimum Gasteiger partial charge on any atom is -0.497 e. The van der Waals surface area contributed by atoms with Gasteiger partial charge in [-0.05, 0) is 46.9 Å². The molecule has 1 aromatic heterocycles. The smallest absolute Gasteiger partial charge is 0.128 e. The van der Waals surface area contributed by atoms with Gasteiger partial charge in [-0.2, -0.15) is 0 Å². The molecule has 4 nitrogen and oxygen atoms in total. The average molecular weight is 388 g/mol. The summed E-state index contributed by atoms with van der Waals surface area (Å²) < 4.78 is 5.35. The number of ether oxygens (including phenoxy) is 1. The van der Waals surface area contributed by atoms with Crippen molar-refractivity contribution in [2.75, 3.05) is 44.7 Å². The molecule has 2 heterocycles. The van der Waals surface area contributed by atoms with Crippen LogP contribution in [0, 0.1) is 0 Å². The van der Waals surface area contributed by atoms with Crippen LogP contribution in [0.25, 0.3) is 11.1 Å². The fourth-order valence-corrected chi connectivity index (χ4v) is 4.00. The van der Waals surface area contributed by atoms with E-state index in [4.69, 9.17) is 4.74 Å². The average Bonchev–Trinajstić information content (AvgIpc) is 2.80. The normalized spacial score (nSPS) is 15.9. The summed E-state index contributed by atoms with van der Waals surface area (Å²) >= 11 is 0. The second-order valence-corrected chi connectivity index (χ2v) is 7.73. The lowest BCUT2D eigenvalue weighted by Crippen LogP contribution is -2.47. The van der Waals surface area contributed by atoms with E-state index in [1.807, 2.05) is 24.4 Å². The predicted molar refractivity (Wildman–Crippen MR) is 120 cm³/mol. The highest BCUT2D eigenvalue weighted by Gasteiger charge is 2.20. The number of piperazine rings is 1. The summed E-state index contributed by atoms with van der Waals surface area (Å²) in [4.78, 5) is 9.43. The lowest BCUT2D eigenvalue weighted by molar-refractivity contribution is 0.245. The first-order valence-corrected chi connectivity index (χ1v) is 10.4. The Bertz CT molecular complexity index is 903. The van der Waals surface area contributed by atoms with E-state index in [-0.39, 0.29) is 0 Å². The molecule has 0 saturated carbocycles. The molecule has 1 unspecified atom stereocenters. The highest BCUT2D eigenvalue weighted by molar-refractivity contribution is 5.65. The van der Waals surface area contributed by atoms with Gasteiger partial charge in [0.15, 0.2) is 0 Å². The fourth-order valence-electron chi connectivity index (χ4n) is 4.00. The van der Waals surface area contributed by atoms with Crippen molar-refractivity contribution in [1.82, 2.24) is 9.88 Å². The zero-order valence-corrected chi connectivity index (χ0v) is 17.3. The number of hydrogen-bond acceptors (Lipinski definition) is 4. The lowest BCUT2D eigenvalue weighted by atomic mass is 9.97. The van der Waals surface area contributed by atoms with Gasteiger partial charge in [0, 0.05) is 38.9 Å². The molecule has 1 saturated heterocycles. The number of methoxy groups -OCH3 is 1. The molecular weight excluding hydrogens is 358 g/mol. The van der Waals surface area contributed by atoms with Crippen LogP contribution in [0.2, 0.25) is 0 Å². The lowest BCUT2D eigenvalue weighted by Gasteiger charge is -2.36. The summed E-state index contributed by atoms with van der Waals surface area (Å²) in [5.74, 6) is 2.49. The van der Waals surface area contributed by atoms with Gasteiger partial charge in [0.2, 0.25) is 0 Å². The molecule has 29 heavy (non-hydrogen) atoms. The highest BCUT2D eigenvalue weighted by atomic mass is 16.5. The third kappa shape index (κ3) is 4.77. The maximum atomic E-state index is 5.35. The van der Waals surface area contributed by atoms with Crippen LogP contribution < -0.4 is 9.64 Å². The van der Waals surface area contributed by atoms with Crippen molar-refractivity contribution in [3.63, 3.8) is 0 Å². The van der Waals surface area contributed by atoms with E-state index >= 15 is 0 Å². The van der Waals surface area contributed by atoms with Gasteiger partial charge in [0.25, 0.3) is 0 Å². The third-order valence-electron chi connectivity index (χ3n) is 5.76. The summed E-state index contributed by atoms with van der Waals surface area (Å²) in [5, 5.41) is 0. The van der Waals surface area contributed by atoms with Gasteiger partial charge in [-0.1, -0.05) is 49.4 Å². The summed E-state index contributed by atoms with van der Waals surface area (Å²) in [5.41, 5.74) is 3.81.